The van der Waals surface area contributed by atoms with E-state index in [2.05, 4.69) is 16.3 Å². The number of para-hydroxylation sites is 1. The highest BCUT2D eigenvalue weighted by Crippen LogP contribution is 2.28. The van der Waals surface area contributed by atoms with Gasteiger partial charge in [0.2, 0.25) is 5.91 Å². The average Bonchev–Trinajstić information content (AvgIpc) is 2.78. The normalized spacial score (nSPS) is 13.1. The Morgan fingerprint density at radius 3 is 2.66 bits per heavy atom. The van der Waals surface area contributed by atoms with Crippen molar-refractivity contribution in [2.75, 3.05) is 23.8 Å². The van der Waals surface area contributed by atoms with Crippen LogP contribution in [0.3, 0.4) is 0 Å². The van der Waals surface area contributed by atoms with E-state index < -0.39 is 0 Å². The van der Waals surface area contributed by atoms with Crippen molar-refractivity contribution in [3.05, 3.63) is 66.2 Å². The second-order valence-corrected chi connectivity index (χ2v) is 7.78. The third-order valence-electron chi connectivity index (χ3n) is 4.86. The molecule has 0 radical (unpaired) electrons. The van der Waals surface area contributed by atoms with E-state index in [1.807, 2.05) is 66.4 Å². The fraction of sp³-hybridized carbons (Fsp3) is 0.261. The number of hydrogen-bond donors (Lipinski definition) is 0. The summed E-state index contributed by atoms with van der Waals surface area (Å²) in [6, 6.07) is 19.8. The van der Waals surface area contributed by atoms with Crippen LogP contribution in [0.25, 0.3) is 11.3 Å². The second-order valence-electron chi connectivity index (χ2n) is 6.78. The molecule has 1 aliphatic heterocycles. The number of aromatic nitrogens is 2. The van der Waals surface area contributed by atoms with Gasteiger partial charge in [-0.05, 0) is 67.8 Å². The molecule has 0 saturated carbocycles. The fourth-order valence-corrected chi connectivity index (χ4v) is 4.14. The number of rotatable bonds is 6. The van der Waals surface area contributed by atoms with Crippen molar-refractivity contribution < 1.29 is 9.53 Å². The number of hydrogen-bond acceptors (Lipinski definition) is 5. The highest BCUT2D eigenvalue weighted by Gasteiger charge is 2.22. The van der Waals surface area contributed by atoms with Gasteiger partial charge >= 0.3 is 0 Å². The number of thioether (sulfide) groups is 1. The van der Waals surface area contributed by atoms with Gasteiger partial charge in [-0.2, -0.15) is 0 Å². The van der Waals surface area contributed by atoms with Crippen molar-refractivity contribution in [2.45, 2.75) is 24.8 Å². The van der Waals surface area contributed by atoms with Gasteiger partial charge in [-0.25, -0.2) is 0 Å². The van der Waals surface area contributed by atoms with Gasteiger partial charge in [-0.3, -0.25) is 4.79 Å². The lowest BCUT2D eigenvalue weighted by Gasteiger charge is -2.29. The number of nitrogens with zero attached hydrogens (tertiary/aromatic N) is 3. The Hall–Kier alpha value is -2.86. The molecule has 3 aromatic rings. The van der Waals surface area contributed by atoms with Crippen molar-refractivity contribution in [3.63, 3.8) is 0 Å². The van der Waals surface area contributed by atoms with E-state index in [0.29, 0.717) is 12.4 Å². The maximum atomic E-state index is 12.8. The lowest BCUT2D eigenvalue weighted by atomic mass is 10.0. The first-order chi connectivity index (χ1) is 14.2. The minimum absolute atomic E-state index is 0.111. The summed E-state index contributed by atoms with van der Waals surface area (Å²) in [4.78, 5) is 14.6. The molecule has 0 atom stereocenters. The molecule has 4 rings (SSSR count). The Bertz CT molecular complexity index is 974. The molecule has 0 bridgehead atoms. The molecule has 29 heavy (non-hydrogen) atoms. The summed E-state index contributed by atoms with van der Waals surface area (Å²) in [6.07, 6.45) is 2.04. The lowest BCUT2D eigenvalue weighted by Crippen LogP contribution is -2.36. The molecule has 0 saturated heterocycles. The smallest absolute Gasteiger partial charge is 0.237 e. The number of ether oxygens (including phenoxy) is 1. The van der Waals surface area contributed by atoms with Crippen LogP contribution in [-0.4, -0.2) is 35.0 Å². The summed E-state index contributed by atoms with van der Waals surface area (Å²) in [7, 11) is 0. The van der Waals surface area contributed by atoms with Crippen molar-refractivity contribution in [3.8, 4) is 17.0 Å². The van der Waals surface area contributed by atoms with Gasteiger partial charge in [0.05, 0.1) is 18.1 Å². The number of benzene rings is 2. The van der Waals surface area contributed by atoms with Gasteiger partial charge in [0.25, 0.3) is 0 Å². The minimum atomic E-state index is 0.111. The van der Waals surface area contributed by atoms with E-state index >= 15 is 0 Å². The molecule has 0 unspecified atom stereocenters. The zero-order valence-electron chi connectivity index (χ0n) is 16.4. The molecule has 0 N–H and O–H groups in total. The Kier molecular flexibility index (Phi) is 6.10. The Morgan fingerprint density at radius 1 is 1.07 bits per heavy atom. The highest BCUT2D eigenvalue weighted by molar-refractivity contribution is 7.99. The van der Waals surface area contributed by atoms with E-state index in [1.165, 1.54) is 17.3 Å². The first kappa shape index (κ1) is 19.5. The SMILES string of the molecule is CCOc1ccc(-c2ccc(SCC(=O)N3CCCc4ccccc43)nn2)cc1. The highest BCUT2D eigenvalue weighted by atomic mass is 32.2. The van der Waals surface area contributed by atoms with Crippen LogP contribution < -0.4 is 9.64 Å². The van der Waals surface area contributed by atoms with Crippen molar-refractivity contribution in [1.82, 2.24) is 10.2 Å². The monoisotopic (exact) mass is 405 g/mol. The van der Waals surface area contributed by atoms with Crippen molar-refractivity contribution >= 4 is 23.4 Å². The molecule has 0 spiro atoms. The first-order valence-electron chi connectivity index (χ1n) is 9.82. The van der Waals surface area contributed by atoms with Gasteiger partial charge in [-0.15, -0.1) is 10.2 Å². The Labute approximate surface area is 175 Å². The van der Waals surface area contributed by atoms with E-state index in [4.69, 9.17) is 4.74 Å². The van der Waals surface area contributed by atoms with Crippen LogP contribution in [0.5, 0.6) is 5.75 Å². The topological polar surface area (TPSA) is 55.3 Å². The van der Waals surface area contributed by atoms with Crippen LogP contribution in [0, 0.1) is 0 Å². The molecular weight excluding hydrogens is 382 g/mol. The Balaban J connectivity index is 1.38. The number of fused-ring (bicyclic) bond motifs is 1. The third kappa shape index (κ3) is 4.59. The maximum absolute atomic E-state index is 12.8. The molecule has 1 aliphatic rings. The second kappa shape index (κ2) is 9.09. The van der Waals surface area contributed by atoms with Gasteiger partial charge < -0.3 is 9.64 Å². The van der Waals surface area contributed by atoms with Crippen LogP contribution in [0.2, 0.25) is 0 Å². The average molecular weight is 406 g/mol. The summed E-state index contributed by atoms with van der Waals surface area (Å²) in [5.74, 6) is 1.31. The van der Waals surface area contributed by atoms with E-state index in [9.17, 15) is 4.79 Å². The predicted molar refractivity (Wildman–Crippen MR) is 116 cm³/mol. The molecule has 2 aromatic carbocycles. The summed E-state index contributed by atoms with van der Waals surface area (Å²) in [5, 5.41) is 9.35. The van der Waals surface area contributed by atoms with Crippen molar-refractivity contribution in [2.24, 2.45) is 0 Å². The van der Waals surface area contributed by atoms with E-state index in [1.54, 1.807) is 0 Å². The van der Waals surface area contributed by atoms with Crippen LogP contribution in [0.15, 0.2) is 65.7 Å². The van der Waals surface area contributed by atoms with E-state index in [-0.39, 0.29) is 5.91 Å². The fourth-order valence-electron chi connectivity index (χ4n) is 3.45. The standard InChI is InChI=1S/C23H23N3O2S/c1-2-28-19-11-9-17(10-12-19)20-13-14-22(25-24-20)29-16-23(27)26-15-5-7-18-6-3-4-8-21(18)26/h3-4,6,8-14H,2,5,7,15-16H2,1H3. The quantitative estimate of drug-likeness (QED) is 0.561. The minimum Gasteiger partial charge on any atom is -0.494 e. The Morgan fingerprint density at radius 2 is 1.90 bits per heavy atom. The number of carbonyl (C=O) groups excluding carboxylic acids is 1. The van der Waals surface area contributed by atoms with Crippen molar-refractivity contribution in [1.29, 1.82) is 0 Å². The van der Waals surface area contributed by atoms with Crippen LogP contribution in [-0.2, 0) is 11.2 Å². The van der Waals surface area contributed by atoms with Crippen LogP contribution in [0.4, 0.5) is 5.69 Å². The number of amides is 1. The molecule has 148 valence electrons. The van der Waals surface area contributed by atoms with Crippen LogP contribution in [0.1, 0.15) is 18.9 Å². The van der Waals surface area contributed by atoms with Gasteiger partial charge in [0.1, 0.15) is 10.8 Å². The summed E-state index contributed by atoms with van der Waals surface area (Å²) in [6.45, 7) is 3.39. The first-order valence-corrected chi connectivity index (χ1v) is 10.8. The van der Waals surface area contributed by atoms with Gasteiger partial charge in [-0.1, -0.05) is 30.0 Å². The number of carbonyl (C=O) groups is 1. The molecule has 6 heteroatoms. The van der Waals surface area contributed by atoms with Gasteiger partial charge in [0.15, 0.2) is 0 Å². The zero-order valence-corrected chi connectivity index (χ0v) is 17.2. The van der Waals surface area contributed by atoms with Gasteiger partial charge in [0, 0.05) is 17.8 Å². The summed E-state index contributed by atoms with van der Waals surface area (Å²) in [5.41, 5.74) is 4.07. The molecule has 2 heterocycles. The molecule has 5 nitrogen and oxygen atoms in total. The molecular formula is C23H23N3O2S. The molecule has 1 amide bonds. The maximum Gasteiger partial charge on any atom is 0.237 e. The summed E-state index contributed by atoms with van der Waals surface area (Å²) >= 11 is 1.42. The van der Waals surface area contributed by atoms with Crippen LogP contribution >= 0.6 is 11.8 Å². The number of anilines is 1. The largest absolute Gasteiger partial charge is 0.494 e. The molecule has 1 aromatic heterocycles. The lowest BCUT2D eigenvalue weighted by molar-refractivity contribution is -0.116. The molecule has 0 fully saturated rings. The van der Waals surface area contributed by atoms with E-state index in [0.717, 1.165) is 47.1 Å². The zero-order chi connectivity index (χ0) is 20.1. The molecule has 0 aliphatic carbocycles. The third-order valence-corrected chi connectivity index (χ3v) is 5.76. The number of aryl methyl sites for hydroxylation is 1. The predicted octanol–water partition coefficient (Wildman–Crippen LogP) is 4.61. The summed E-state index contributed by atoms with van der Waals surface area (Å²) < 4.78 is 5.47.